The van der Waals surface area contributed by atoms with E-state index in [9.17, 15) is 10.4 Å². The van der Waals surface area contributed by atoms with Gasteiger partial charge in [0.25, 0.3) is 0 Å². The molecule has 4 nitrogen and oxygen atoms in total. The minimum atomic E-state index is -0.842. The first kappa shape index (κ1) is 13.9. The molecule has 0 amide bonds. The highest BCUT2D eigenvalue weighted by atomic mass is 16.5. The summed E-state index contributed by atoms with van der Waals surface area (Å²) in [4.78, 5) is 0. The standard InChI is InChI=1S/C15H19NO3/c1-2-7-19-13-5-3-4-12(9-13)14(17)15(10-16)6-8-18-11-15/h3-5,9,14,17H,2,6-8,11H2,1H3. The van der Waals surface area contributed by atoms with Crippen LogP contribution in [0.2, 0.25) is 0 Å². The van der Waals surface area contributed by atoms with Crippen molar-refractivity contribution >= 4 is 0 Å². The molecule has 1 fully saturated rings. The van der Waals surface area contributed by atoms with Crippen LogP contribution < -0.4 is 4.74 Å². The normalized spacial score (nSPS) is 23.8. The summed E-state index contributed by atoms with van der Waals surface area (Å²) in [5.41, 5.74) is -0.121. The molecule has 0 aromatic heterocycles. The topological polar surface area (TPSA) is 62.5 Å². The number of hydrogen-bond donors (Lipinski definition) is 1. The Bertz CT molecular complexity index is 461. The Morgan fingerprint density at radius 2 is 2.42 bits per heavy atom. The quantitative estimate of drug-likeness (QED) is 0.884. The second-order valence-electron chi connectivity index (χ2n) is 4.89. The molecule has 0 spiro atoms. The molecule has 0 aliphatic carbocycles. The number of aliphatic hydroxyl groups excluding tert-OH is 1. The van der Waals surface area contributed by atoms with Gasteiger partial charge in [0.05, 0.1) is 19.3 Å². The van der Waals surface area contributed by atoms with Crippen molar-refractivity contribution in [3.8, 4) is 11.8 Å². The number of aliphatic hydroxyl groups is 1. The fraction of sp³-hybridized carbons (Fsp3) is 0.533. The maximum Gasteiger partial charge on any atom is 0.119 e. The SMILES string of the molecule is CCCOc1cccc(C(O)C2(C#N)CCOC2)c1. The van der Waals surface area contributed by atoms with E-state index in [1.54, 1.807) is 6.07 Å². The summed E-state index contributed by atoms with van der Waals surface area (Å²) in [5, 5.41) is 19.8. The lowest BCUT2D eigenvalue weighted by atomic mass is 9.79. The molecule has 2 unspecified atom stereocenters. The van der Waals surface area contributed by atoms with E-state index in [1.165, 1.54) is 0 Å². The minimum absolute atomic E-state index is 0.282. The van der Waals surface area contributed by atoms with Gasteiger partial charge < -0.3 is 14.6 Å². The predicted molar refractivity (Wildman–Crippen MR) is 70.7 cm³/mol. The van der Waals surface area contributed by atoms with Crippen LogP contribution in [0, 0.1) is 16.7 Å². The zero-order valence-corrected chi connectivity index (χ0v) is 11.1. The number of ether oxygens (including phenoxy) is 2. The number of nitrogens with zero attached hydrogens (tertiary/aromatic N) is 1. The fourth-order valence-electron chi connectivity index (χ4n) is 2.26. The highest BCUT2D eigenvalue weighted by Crippen LogP contribution is 2.41. The minimum Gasteiger partial charge on any atom is -0.494 e. The van der Waals surface area contributed by atoms with Crippen LogP contribution in [0.3, 0.4) is 0 Å². The molecule has 1 aliphatic heterocycles. The van der Waals surface area contributed by atoms with Gasteiger partial charge in [-0.25, -0.2) is 0 Å². The summed E-state index contributed by atoms with van der Waals surface area (Å²) in [5.74, 6) is 0.727. The Balaban J connectivity index is 2.19. The Morgan fingerprint density at radius 1 is 1.58 bits per heavy atom. The van der Waals surface area contributed by atoms with E-state index in [0.717, 1.165) is 12.2 Å². The first-order valence-corrected chi connectivity index (χ1v) is 6.61. The number of benzene rings is 1. The summed E-state index contributed by atoms with van der Waals surface area (Å²) in [6.07, 6.45) is 0.651. The maximum absolute atomic E-state index is 10.5. The molecule has 1 N–H and O–H groups in total. The van der Waals surface area contributed by atoms with E-state index in [2.05, 4.69) is 6.07 Å². The molecule has 4 heteroatoms. The third kappa shape index (κ3) is 2.89. The monoisotopic (exact) mass is 261 g/mol. The maximum atomic E-state index is 10.5. The van der Waals surface area contributed by atoms with Gasteiger partial charge in [-0.15, -0.1) is 0 Å². The number of rotatable bonds is 5. The summed E-state index contributed by atoms with van der Waals surface area (Å²) in [6.45, 7) is 3.49. The van der Waals surface area contributed by atoms with Gasteiger partial charge in [-0.2, -0.15) is 5.26 Å². The Labute approximate surface area is 113 Å². The van der Waals surface area contributed by atoms with Crippen molar-refractivity contribution in [3.63, 3.8) is 0 Å². The molecular formula is C15H19NO3. The summed E-state index contributed by atoms with van der Waals surface area (Å²) >= 11 is 0. The average Bonchev–Trinajstić information content (AvgIpc) is 2.94. The second-order valence-corrected chi connectivity index (χ2v) is 4.89. The van der Waals surface area contributed by atoms with Gasteiger partial charge in [-0.3, -0.25) is 0 Å². The molecule has 0 radical (unpaired) electrons. The van der Waals surface area contributed by atoms with Crippen molar-refractivity contribution in [1.82, 2.24) is 0 Å². The van der Waals surface area contributed by atoms with Crippen LogP contribution in [0.4, 0.5) is 0 Å². The highest BCUT2D eigenvalue weighted by Gasteiger charge is 2.43. The Morgan fingerprint density at radius 3 is 3.05 bits per heavy atom. The lowest BCUT2D eigenvalue weighted by molar-refractivity contribution is 0.0502. The largest absolute Gasteiger partial charge is 0.494 e. The Kier molecular flexibility index (Phi) is 4.41. The van der Waals surface area contributed by atoms with E-state index >= 15 is 0 Å². The lowest BCUT2D eigenvalue weighted by Crippen LogP contribution is -2.27. The van der Waals surface area contributed by atoms with Crippen molar-refractivity contribution in [1.29, 1.82) is 5.26 Å². The first-order chi connectivity index (χ1) is 9.22. The van der Waals surface area contributed by atoms with Gasteiger partial charge in [0.2, 0.25) is 0 Å². The third-order valence-corrected chi connectivity index (χ3v) is 3.44. The van der Waals surface area contributed by atoms with Gasteiger partial charge >= 0.3 is 0 Å². The van der Waals surface area contributed by atoms with Crippen molar-refractivity contribution < 1.29 is 14.6 Å². The van der Waals surface area contributed by atoms with Crippen molar-refractivity contribution in [3.05, 3.63) is 29.8 Å². The predicted octanol–water partition coefficient (Wildman–Crippen LogP) is 2.44. The van der Waals surface area contributed by atoms with Crippen LogP contribution in [0.5, 0.6) is 5.75 Å². The van der Waals surface area contributed by atoms with Gasteiger partial charge in [0.15, 0.2) is 0 Å². The van der Waals surface area contributed by atoms with E-state index in [-0.39, 0.29) is 6.61 Å². The molecule has 0 saturated carbocycles. The highest BCUT2D eigenvalue weighted by molar-refractivity contribution is 5.32. The molecule has 1 heterocycles. The van der Waals surface area contributed by atoms with Gasteiger partial charge in [-0.1, -0.05) is 19.1 Å². The summed E-state index contributed by atoms with van der Waals surface area (Å²) in [6, 6.07) is 9.54. The number of hydrogen-bond acceptors (Lipinski definition) is 4. The van der Waals surface area contributed by atoms with Crippen LogP contribution in [0.25, 0.3) is 0 Å². The first-order valence-electron chi connectivity index (χ1n) is 6.61. The van der Waals surface area contributed by atoms with Crippen molar-refractivity contribution in [2.45, 2.75) is 25.9 Å². The van der Waals surface area contributed by atoms with Crippen LogP contribution in [0.15, 0.2) is 24.3 Å². The third-order valence-electron chi connectivity index (χ3n) is 3.44. The van der Waals surface area contributed by atoms with E-state index in [0.29, 0.717) is 25.2 Å². The molecule has 1 aromatic carbocycles. The van der Waals surface area contributed by atoms with Gasteiger partial charge in [0.1, 0.15) is 17.3 Å². The van der Waals surface area contributed by atoms with E-state index in [4.69, 9.17) is 9.47 Å². The van der Waals surface area contributed by atoms with Crippen LogP contribution in [0.1, 0.15) is 31.4 Å². The van der Waals surface area contributed by atoms with Crippen molar-refractivity contribution in [2.24, 2.45) is 5.41 Å². The zero-order valence-electron chi connectivity index (χ0n) is 11.1. The van der Waals surface area contributed by atoms with E-state index < -0.39 is 11.5 Å². The Hall–Kier alpha value is -1.57. The number of nitriles is 1. The molecular weight excluding hydrogens is 242 g/mol. The molecule has 1 saturated heterocycles. The van der Waals surface area contributed by atoms with Gasteiger partial charge in [-0.05, 0) is 30.5 Å². The molecule has 2 atom stereocenters. The smallest absolute Gasteiger partial charge is 0.119 e. The van der Waals surface area contributed by atoms with Crippen LogP contribution in [-0.4, -0.2) is 24.9 Å². The van der Waals surface area contributed by atoms with Gasteiger partial charge in [0, 0.05) is 6.61 Å². The van der Waals surface area contributed by atoms with Crippen LogP contribution in [-0.2, 0) is 4.74 Å². The molecule has 0 bridgehead atoms. The lowest BCUT2D eigenvalue weighted by Gasteiger charge is -2.25. The summed E-state index contributed by atoms with van der Waals surface area (Å²) < 4.78 is 10.8. The molecule has 19 heavy (non-hydrogen) atoms. The average molecular weight is 261 g/mol. The molecule has 2 rings (SSSR count). The second kappa shape index (κ2) is 6.05. The zero-order chi connectivity index (χ0) is 13.7. The molecule has 1 aliphatic rings. The fourth-order valence-corrected chi connectivity index (χ4v) is 2.26. The molecule has 1 aromatic rings. The van der Waals surface area contributed by atoms with Crippen LogP contribution >= 0.6 is 0 Å². The summed E-state index contributed by atoms with van der Waals surface area (Å²) in [7, 11) is 0. The van der Waals surface area contributed by atoms with Crippen molar-refractivity contribution in [2.75, 3.05) is 19.8 Å². The molecule has 102 valence electrons. The van der Waals surface area contributed by atoms with E-state index in [1.807, 2.05) is 25.1 Å².